The van der Waals surface area contributed by atoms with E-state index in [-0.39, 0.29) is 24.1 Å². The van der Waals surface area contributed by atoms with Gasteiger partial charge in [-0.2, -0.15) is 0 Å². The van der Waals surface area contributed by atoms with Crippen LogP contribution in [0.5, 0.6) is 0 Å². The lowest BCUT2D eigenvalue weighted by molar-refractivity contribution is 0.153. The molecule has 0 amide bonds. The zero-order valence-electron chi connectivity index (χ0n) is 20.1. The van der Waals surface area contributed by atoms with Crippen LogP contribution >= 0.6 is 11.6 Å². The fraction of sp³-hybridized carbons (Fsp3) is 0.375. The van der Waals surface area contributed by atoms with E-state index < -0.39 is 18.1 Å². The summed E-state index contributed by atoms with van der Waals surface area (Å²) in [6.45, 7) is 10.3. The summed E-state index contributed by atoms with van der Waals surface area (Å²) < 4.78 is 40.4. The molecule has 3 aromatic rings. The lowest BCUT2D eigenvalue weighted by Gasteiger charge is -2.24. The van der Waals surface area contributed by atoms with Crippen LogP contribution in [-0.2, 0) is 21.4 Å². The Bertz CT molecular complexity index is 1250. The molecule has 0 saturated heterocycles. The second-order valence-corrected chi connectivity index (χ2v) is 17.2. The van der Waals surface area contributed by atoms with Gasteiger partial charge in [-0.05, 0) is 37.6 Å². The molecule has 0 aliphatic carbocycles. The third kappa shape index (κ3) is 5.90. The Kier molecular flexibility index (Phi) is 8.25. The van der Waals surface area contributed by atoms with Gasteiger partial charge in [-0.3, -0.25) is 0 Å². The highest BCUT2D eigenvalue weighted by molar-refractivity contribution is 7.93. The molecule has 1 N–H and O–H groups in total. The van der Waals surface area contributed by atoms with Gasteiger partial charge in [-0.25, -0.2) is 12.7 Å². The molecule has 0 saturated carbocycles. The number of rotatable bonds is 10. The number of aliphatic hydroxyl groups is 1. The summed E-state index contributed by atoms with van der Waals surface area (Å²) in [5, 5.41) is 13.7. The highest BCUT2D eigenvalue weighted by Crippen LogP contribution is 2.37. The van der Waals surface area contributed by atoms with Crippen LogP contribution < -0.4 is 4.31 Å². The zero-order valence-corrected chi connectivity index (χ0v) is 22.7. The maximum Gasteiger partial charge on any atom is 0.269 e. The monoisotopic (exact) mass is 522 g/mol. The fourth-order valence-corrected chi connectivity index (χ4v) is 5.91. The first kappa shape index (κ1) is 26.4. The maximum atomic E-state index is 14.0. The Labute approximate surface area is 207 Å². The highest BCUT2D eigenvalue weighted by Gasteiger charge is 2.32. The number of halogens is 1. The molecule has 0 fully saturated rings. The van der Waals surface area contributed by atoms with Crippen molar-refractivity contribution >= 4 is 35.6 Å². The van der Waals surface area contributed by atoms with Crippen molar-refractivity contribution in [2.24, 2.45) is 0 Å². The largest absolute Gasteiger partial charge is 0.392 e. The van der Waals surface area contributed by atoms with Gasteiger partial charge in [-0.15, -0.1) is 0 Å². The van der Waals surface area contributed by atoms with Gasteiger partial charge in [0.1, 0.15) is 6.73 Å². The van der Waals surface area contributed by atoms with Crippen molar-refractivity contribution < 1.29 is 22.8 Å². The Hall–Kier alpha value is -2.17. The van der Waals surface area contributed by atoms with Gasteiger partial charge < -0.3 is 14.4 Å². The summed E-state index contributed by atoms with van der Waals surface area (Å²) in [5.74, 6) is 0.127. The molecule has 7 nitrogen and oxygen atoms in total. The fourth-order valence-electron chi connectivity index (χ4n) is 3.31. The van der Waals surface area contributed by atoms with E-state index >= 15 is 0 Å². The minimum atomic E-state index is -4.11. The van der Waals surface area contributed by atoms with Gasteiger partial charge in [-0.1, -0.05) is 66.7 Å². The number of hydrogen-bond acceptors (Lipinski definition) is 6. The van der Waals surface area contributed by atoms with E-state index in [0.29, 0.717) is 39.6 Å². The smallest absolute Gasteiger partial charge is 0.269 e. The number of sulfonamides is 1. The molecule has 0 unspecified atom stereocenters. The number of nitrogens with zero attached hydrogens (tertiary/aromatic N) is 2. The van der Waals surface area contributed by atoms with E-state index in [9.17, 15) is 13.5 Å². The highest BCUT2D eigenvalue weighted by atomic mass is 35.5. The van der Waals surface area contributed by atoms with Crippen LogP contribution in [0.15, 0.2) is 51.9 Å². The van der Waals surface area contributed by atoms with Crippen LogP contribution in [0.4, 0.5) is 5.88 Å². The molecule has 34 heavy (non-hydrogen) atoms. The van der Waals surface area contributed by atoms with E-state index in [1.165, 1.54) is 6.07 Å². The molecule has 1 aromatic heterocycles. The van der Waals surface area contributed by atoms with Crippen molar-refractivity contribution in [2.75, 3.05) is 17.6 Å². The second kappa shape index (κ2) is 10.6. The van der Waals surface area contributed by atoms with Crippen molar-refractivity contribution in [3.63, 3.8) is 0 Å². The molecule has 0 aliphatic rings. The minimum Gasteiger partial charge on any atom is -0.392 e. The van der Waals surface area contributed by atoms with Gasteiger partial charge in [0.25, 0.3) is 10.0 Å². The molecule has 0 aliphatic heterocycles. The average molecular weight is 523 g/mol. The molecule has 2 aromatic carbocycles. The average Bonchev–Trinajstić information content (AvgIpc) is 3.10. The number of aliphatic hydroxyl groups excluding tert-OH is 1. The molecule has 0 radical (unpaired) electrons. The van der Waals surface area contributed by atoms with Crippen molar-refractivity contribution in [1.82, 2.24) is 5.16 Å². The standard InChI is InChI=1S/C24H31ClN2O5SSi/c1-17-18(2)26-32-24(17)27(16-31-12-13-34(3,4)5)33(29,30)23-9-7-6-8-21(23)20-11-10-19(15-28)14-22(20)25/h6-11,14,28H,12-13,15-16H2,1-5H3. The van der Waals surface area contributed by atoms with E-state index in [1.807, 2.05) is 0 Å². The quantitative estimate of drug-likeness (QED) is 0.211. The zero-order chi connectivity index (χ0) is 25.1. The summed E-state index contributed by atoms with van der Waals surface area (Å²) in [6.07, 6.45) is 0. The van der Waals surface area contributed by atoms with E-state index in [0.717, 1.165) is 10.3 Å². The van der Waals surface area contributed by atoms with Crippen molar-refractivity contribution in [3.05, 3.63) is 64.3 Å². The predicted molar refractivity (Wildman–Crippen MR) is 137 cm³/mol. The lowest BCUT2D eigenvalue weighted by Crippen LogP contribution is -2.34. The Morgan fingerprint density at radius 1 is 1.12 bits per heavy atom. The molecule has 1 heterocycles. The number of aromatic nitrogens is 1. The van der Waals surface area contributed by atoms with Crippen LogP contribution in [0.3, 0.4) is 0 Å². The Morgan fingerprint density at radius 3 is 2.41 bits per heavy atom. The van der Waals surface area contributed by atoms with Gasteiger partial charge in [0.05, 0.1) is 17.2 Å². The first-order chi connectivity index (χ1) is 16.0. The molecule has 10 heteroatoms. The van der Waals surface area contributed by atoms with Gasteiger partial charge >= 0.3 is 0 Å². The molecular formula is C24H31ClN2O5SSi. The molecule has 0 bridgehead atoms. The van der Waals surface area contributed by atoms with Crippen LogP contribution in [0.1, 0.15) is 16.8 Å². The Morgan fingerprint density at radius 2 is 1.82 bits per heavy atom. The molecule has 3 rings (SSSR count). The predicted octanol–water partition coefficient (Wildman–Crippen LogP) is 5.61. The van der Waals surface area contributed by atoms with Crippen LogP contribution in [-0.4, -0.2) is 40.1 Å². The van der Waals surface area contributed by atoms with Crippen LogP contribution in [0, 0.1) is 13.8 Å². The second-order valence-electron chi connectivity index (χ2n) is 9.37. The first-order valence-corrected chi connectivity index (χ1v) is 16.5. The minimum absolute atomic E-state index is 0.0656. The first-order valence-electron chi connectivity index (χ1n) is 11.0. The summed E-state index contributed by atoms with van der Waals surface area (Å²) in [7, 11) is -5.47. The van der Waals surface area contributed by atoms with E-state index in [1.54, 1.807) is 50.2 Å². The molecular weight excluding hydrogens is 492 g/mol. The third-order valence-corrected chi connectivity index (χ3v) is 9.31. The molecule has 184 valence electrons. The van der Waals surface area contributed by atoms with E-state index in [2.05, 4.69) is 24.8 Å². The number of ether oxygens (including phenoxy) is 1. The van der Waals surface area contributed by atoms with Gasteiger partial charge in [0.15, 0.2) is 0 Å². The topological polar surface area (TPSA) is 92.9 Å². The Balaban J connectivity index is 2.06. The number of hydrogen-bond donors (Lipinski definition) is 1. The summed E-state index contributed by atoms with van der Waals surface area (Å²) in [5.41, 5.74) is 2.86. The summed E-state index contributed by atoms with van der Waals surface area (Å²) >= 11 is 6.47. The van der Waals surface area contributed by atoms with Crippen molar-refractivity contribution in [3.8, 4) is 11.1 Å². The SMILES string of the molecule is Cc1noc(N(COCC[Si](C)(C)C)S(=O)(=O)c2ccccc2-c2ccc(CO)cc2Cl)c1C. The molecule has 0 spiro atoms. The molecule has 0 atom stereocenters. The van der Waals surface area contributed by atoms with Gasteiger partial charge in [0, 0.05) is 36.4 Å². The summed E-state index contributed by atoms with van der Waals surface area (Å²) in [4.78, 5) is 0.0656. The van der Waals surface area contributed by atoms with Crippen LogP contribution in [0.25, 0.3) is 11.1 Å². The van der Waals surface area contributed by atoms with Crippen LogP contribution in [0.2, 0.25) is 30.7 Å². The number of benzene rings is 2. The third-order valence-electron chi connectivity index (χ3n) is 5.53. The maximum absolute atomic E-state index is 14.0. The van der Waals surface area contributed by atoms with Crippen molar-refractivity contribution in [1.29, 1.82) is 0 Å². The lowest BCUT2D eigenvalue weighted by atomic mass is 10.0. The normalized spacial score (nSPS) is 12.2. The van der Waals surface area contributed by atoms with E-state index in [4.69, 9.17) is 20.9 Å². The number of aryl methyl sites for hydroxylation is 1. The van der Waals surface area contributed by atoms with Crippen molar-refractivity contribution in [2.45, 2.75) is 51.0 Å². The summed E-state index contributed by atoms with van der Waals surface area (Å²) in [6, 6.07) is 12.6. The number of anilines is 1. The van der Waals surface area contributed by atoms with Gasteiger partial charge in [0.2, 0.25) is 5.88 Å².